The van der Waals surface area contributed by atoms with Crippen LogP contribution in [0.5, 0.6) is 0 Å². The number of hydrogen-bond acceptors (Lipinski definition) is 2. The summed E-state index contributed by atoms with van der Waals surface area (Å²) in [6.45, 7) is 0. The maximum atomic E-state index is 13.4. The van der Waals surface area contributed by atoms with E-state index in [-0.39, 0.29) is 23.8 Å². The van der Waals surface area contributed by atoms with Gasteiger partial charge in [0.15, 0.2) is 0 Å². The van der Waals surface area contributed by atoms with Crippen LogP contribution < -0.4 is 11.0 Å². The molecule has 2 aromatic heterocycles. The number of H-pyrrole nitrogens is 3. The van der Waals surface area contributed by atoms with E-state index in [2.05, 4.69) is 20.3 Å². The van der Waals surface area contributed by atoms with Gasteiger partial charge in [0.2, 0.25) is 5.91 Å². The van der Waals surface area contributed by atoms with Gasteiger partial charge >= 0.3 is 5.69 Å². The SMILES string of the molecule is O=C(CCc1c(-c2ccc(F)cc2)[nH]c2ccccc12)Nc1ccc2[nH]c(=O)[nH]c2c1. The summed E-state index contributed by atoms with van der Waals surface area (Å²) in [7, 11) is 0. The molecule has 0 bridgehead atoms. The van der Waals surface area contributed by atoms with Gasteiger partial charge in [0, 0.05) is 28.7 Å². The number of carbonyl (C=O) groups is 1. The summed E-state index contributed by atoms with van der Waals surface area (Å²) >= 11 is 0. The molecule has 3 aromatic carbocycles. The van der Waals surface area contributed by atoms with Gasteiger partial charge in [-0.2, -0.15) is 0 Å². The van der Waals surface area contributed by atoms with E-state index < -0.39 is 0 Å². The van der Waals surface area contributed by atoms with E-state index in [1.807, 2.05) is 24.3 Å². The smallest absolute Gasteiger partial charge is 0.323 e. The Hall–Kier alpha value is -4.13. The fourth-order valence-corrected chi connectivity index (χ4v) is 3.90. The first-order valence-electron chi connectivity index (χ1n) is 9.94. The summed E-state index contributed by atoms with van der Waals surface area (Å²) < 4.78 is 13.4. The topological polar surface area (TPSA) is 93.5 Å². The van der Waals surface area contributed by atoms with Crippen LogP contribution in [-0.2, 0) is 11.2 Å². The number of hydrogen-bond donors (Lipinski definition) is 4. The van der Waals surface area contributed by atoms with Gasteiger partial charge in [0.1, 0.15) is 5.82 Å². The highest BCUT2D eigenvalue weighted by Crippen LogP contribution is 2.31. The van der Waals surface area contributed by atoms with E-state index in [4.69, 9.17) is 0 Å². The lowest BCUT2D eigenvalue weighted by molar-refractivity contribution is -0.116. The van der Waals surface area contributed by atoms with Crippen LogP contribution in [0.25, 0.3) is 33.2 Å². The van der Waals surface area contributed by atoms with Gasteiger partial charge in [-0.3, -0.25) is 4.79 Å². The molecule has 7 heteroatoms. The summed E-state index contributed by atoms with van der Waals surface area (Å²) in [6, 6.07) is 19.5. The molecule has 31 heavy (non-hydrogen) atoms. The number of rotatable bonds is 5. The van der Waals surface area contributed by atoms with Crippen LogP contribution in [0.3, 0.4) is 0 Å². The molecule has 0 aliphatic rings. The zero-order valence-corrected chi connectivity index (χ0v) is 16.5. The van der Waals surface area contributed by atoms with Gasteiger partial charge < -0.3 is 20.3 Å². The molecule has 0 radical (unpaired) electrons. The monoisotopic (exact) mass is 414 g/mol. The third kappa shape index (κ3) is 3.73. The zero-order chi connectivity index (χ0) is 21.4. The van der Waals surface area contributed by atoms with Gasteiger partial charge in [-0.05, 0) is 66.1 Å². The minimum absolute atomic E-state index is 0.132. The zero-order valence-electron chi connectivity index (χ0n) is 16.5. The van der Waals surface area contributed by atoms with Crippen molar-refractivity contribution in [3.05, 3.63) is 88.6 Å². The molecular formula is C24H19FN4O2. The number of amides is 1. The molecule has 0 aliphatic heterocycles. The summed E-state index contributed by atoms with van der Waals surface area (Å²) in [5, 5.41) is 3.93. The Kier molecular flexibility index (Phi) is 4.63. The number of aromatic amines is 3. The molecule has 6 nitrogen and oxygen atoms in total. The van der Waals surface area contributed by atoms with Crippen molar-refractivity contribution in [1.82, 2.24) is 15.0 Å². The minimum Gasteiger partial charge on any atom is -0.354 e. The van der Waals surface area contributed by atoms with Crippen molar-refractivity contribution in [1.29, 1.82) is 0 Å². The molecule has 0 saturated carbocycles. The van der Waals surface area contributed by atoms with E-state index in [0.29, 0.717) is 23.1 Å². The van der Waals surface area contributed by atoms with Crippen molar-refractivity contribution in [2.45, 2.75) is 12.8 Å². The van der Waals surface area contributed by atoms with Crippen molar-refractivity contribution >= 4 is 33.5 Å². The molecule has 2 heterocycles. The summed E-state index contributed by atoms with van der Waals surface area (Å²) in [5.74, 6) is -0.422. The molecule has 5 aromatic rings. The molecule has 1 amide bonds. The maximum Gasteiger partial charge on any atom is 0.323 e. The Morgan fingerprint density at radius 2 is 1.65 bits per heavy atom. The number of imidazole rings is 1. The van der Waals surface area contributed by atoms with Crippen LogP contribution in [0, 0.1) is 5.82 Å². The van der Waals surface area contributed by atoms with E-state index in [9.17, 15) is 14.0 Å². The quantitative estimate of drug-likeness (QED) is 0.335. The molecule has 0 fully saturated rings. The molecule has 4 N–H and O–H groups in total. The first-order chi connectivity index (χ1) is 15.1. The number of aryl methyl sites for hydroxylation is 1. The highest BCUT2D eigenvalue weighted by atomic mass is 19.1. The first-order valence-corrected chi connectivity index (χ1v) is 9.94. The van der Waals surface area contributed by atoms with Gasteiger partial charge in [-0.25, -0.2) is 9.18 Å². The summed E-state index contributed by atoms with van der Waals surface area (Å²) in [4.78, 5) is 32.8. The Morgan fingerprint density at radius 1 is 0.871 bits per heavy atom. The number of carbonyl (C=O) groups excluding carboxylic acids is 1. The Labute approximate surface area is 176 Å². The highest BCUT2D eigenvalue weighted by Gasteiger charge is 2.15. The van der Waals surface area contributed by atoms with Crippen LogP contribution in [0.2, 0.25) is 0 Å². The Bertz CT molecular complexity index is 1460. The number of nitrogens with one attached hydrogen (secondary N) is 4. The molecular weight excluding hydrogens is 395 g/mol. The first kappa shape index (κ1) is 18.9. The second kappa shape index (κ2) is 7.60. The van der Waals surface area contributed by atoms with Crippen molar-refractivity contribution in [2.24, 2.45) is 0 Å². The van der Waals surface area contributed by atoms with Crippen molar-refractivity contribution < 1.29 is 9.18 Å². The number of para-hydroxylation sites is 1. The second-order valence-electron chi connectivity index (χ2n) is 7.42. The third-order valence-electron chi connectivity index (χ3n) is 5.35. The van der Waals surface area contributed by atoms with E-state index in [1.165, 1.54) is 12.1 Å². The normalized spacial score (nSPS) is 11.3. The lowest BCUT2D eigenvalue weighted by Gasteiger charge is -2.07. The third-order valence-corrected chi connectivity index (χ3v) is 5.35. The molecule has 0 atom stereocenters. The van der Waals surface area contributed by atoms with Gasteiger partial charge in [0.05, 0.1) is 11.0 Å². The lowest BCUT2D eigenvalue weighted by Crippen LogP contribution is -2.12. The predicted molar refractivity (Wildman–Crippen MR) is 120 cm³/mol. The molecule has 0 aliphatic carbocycles. The van der Waals surface area contributed by atoms with Crippen LogP contribution in [-0.4, -0.2) is 20.9 Å². The lowest BCUT2D eigenvalue weighted by atomic mass is 10.0. The predicted octanol–water partition coefficient (Wildman–Crippen LogP) is 4.71. The fraction of sp³-hybridized carbons (Fsp3) is 0.0833. The number of anilines is 1. The molecule has 0 unspecified atom stereocenters. The number of aromatic nitrogens is 3. The maximum absolute atomic E-state index is 13.4. The van der Waals surface area contributed by atoms with Gasteiger partial charge in [0.25, 0.3) is 0 Å². The summed E-state index contributed by atoms with van der Waals surface area (Å²) in [6.07, 6.45) is 0.795. The van der Waals surface area contributed by atoms with Crippen molar-refractivity contribution in [3.63, 3.8) is 0 Å². The van der Waals surface area contributed by atoms with E-state index in [1.54, 1.807) is 30.3 Å². The van der Waals surface area contributed by atoms with Crippen LogP contribution >= 0.6 is 0 Å². The molecule has 154 valence electrons. The van der Waals surface area contributed by atoms with E-state index >= 15 is 0 Å². The minimum atomic E-state index is -0.290. The largest absolute Gasteiger partial charge is 0.354 e. The fourth-order valence-electron chi connectivity index (χ4n) is 3.90. The molecule has 0 saturated heterocycles. The van der Waals surface area contributed by atoms with Crippen molar-refractivity contribution in [3.8, 4) is 11.3 Å². The van der Waals surface area contributed by atoms with Crippen LogP contribution in [0.1, 0.15) is 12.0 Å². The molecule has 5 rings (SSSR count). The number of fused-ring (bicyclic) bond motifs is 2. The number of benzene rings is 3. The van der Waals surface area contributed by atoms with E-state index in [0.717, 1.165) is 27.7 Å². The highest BCUT2D eigenvalue weighted by molar-refractivity contribution is 5.95. The Balaban J connectivity index is 1.39. The average molecular weight is 414 g/mol. The van der Waals surface area contributed by atoms with Crippen molar-refractivity contribution in [2.75, 3.05) is 5.32 Å². The van der Waals surface area contributed by atoms with Crippen LogP contribution in [0.15, 0.2) is 71.5 Å². The standard InChI is InChI=1S/C24H19FN4O2/c25-15-7-5-14(6-8-15)23-18(17-3-1-2-4-19(17)27-23)10-12-22(30)26-16-9-11-20-21(13-16)29-24(31)28-20/h1-9,11,13,27H,10,12H2,(H,26,30)(H2,28,29,31). The second-order valence-corrected chi connectivity index (χ2v) is 7.42. The average Bonchev–Trinajstić information content (AvgIpc) is 3.32. The van der Waals surface area contributed by atoms with Gasteiger partial charge in [-0.15, -0.1) is 0 Å². The van der Waals surface area contributed by atoms with Crippen LogP contribution in [0.4, 0.5) is 10.1 Å². The Morgan fingerprint density at radius 3 is 2.48 bits per heavy atom. The van der Waals surface area contributed by atoms with Gasteiger partial charge in [-0.1, -0.05) is 18.2 Å². The molecule has 0 spiro atoms. The number of halogens is 1. The summed E-state index contributed by atoms with van der Waals surface area (Å²) in [5.41, 5.74) is 5.40.